The number of hydrogen-bond donors (Lipinski definition) is 1. The van der Waals surface area contributed by atoms with Crippen LogP contribution in [0.5, 0.6) is 5.75 Å². The number of alkyl halides is 4. The average molecular weight is 723 g/mol. The predicted octanol–water partition coefficient (Wildman–Crippen LogP) is 6.08. The molecule has 0 aliphatic heterocycles. The zero-order valence-corrected chi connectivity index (χ0v) is 30.5. The summed E-state index contributed by atoms with van der Waals surface area (Å²) in [5.74, 6) is -5.10. The van der Waals surface area contributed by atoms with Crippen LogP contribution in [0.4, 0.5) is 22.4 Å². The van der Waals surface area contributed by atoms with Crippen LogP contribution in [0.2, 0.25) is 0 Å². The van der Waals surface area contributed by atoms with Gasteiger partial charge in [-0.3, -0.25) is 9.69 Å². The van der Waals surface area contributed by atoms with Crippen molar-refractivity contribution in [3.05, 3.63) is 29.8 Å². The van der Waals surface area contributed by atoms with Crippen molar-refractivity contribution in [3.63, 3.8) is 0 Å². The van der Waals surface area contributed by atoms with E-state index in [0.717, 1.165) is 28.9 Å². The number of ether oxygens (including phenoxy) is 4. The second-order valence-corrected chi connectivity index (χ2v) is 14.8. The molecule has 1 N–H and O–H groups in total. The van der Waals surface area contributed by atoms with E-state index in [4.69, 9.17) is 14.2 Å². The highest BCUT2D eigenvalue weighted by molar-refractivity contribution is 5.90. The monoisotopic (exact) mass is 722 g/mol. The lowest BCUT2D eigenvalue weighted by Crippen LogP contribution is -2.52. The second kappa shape index (κ2) is 17.2. The van der Waals surface area contributed by atoms with E-state index in [0.29, 0.717) is 0 Å². The fraction of sp³-hybridized carbons (Fsp3) is 0.676. The van der Waals surface area contributed by atoms with Gasteiger partial charge in [-0.05, 0) is 83.9 Å². The number of amides is 2. The highest BCUT2D eigenvalue weighted by Gasteiger charge is 2.40. The third kappa shape index (κ3) is 16.1. The Morgan fingerprint density at radius 2 is 1.32 bits per heavy atom. The van der Waals surface area contributed by atoms with Crippen LogP contribution in [-0.2, 0) is 39.8 Å². The molecule has 0 spiro atoms. The minimum Gasteiger partial charge on any atom is -0.479 e. The molecule has 1 aromatic carbocycles. The average Bonchev–Trinajstić information content (AvgIpc) is 2.92. The maximum Gasteiger partial charge on any atom is 0.573 e. The number of esters is 2. The van der Waals surface area contributed by atoms with E-state index in [9.17, 15) is 46.6 Å². The number of rotatable bonds is 15. The molecule has 12 nitrogen and oxygen atoms in total. The zero-order chi connectivity index (χ0) is 39.0. The van der Waals surface area contributed by atoms with Crippen LogP contribution in [0, 0.1) is 5.41 Å². The first kappa shape index (κ1) is 43.9. The number of carboxylic acid groups (broad SMARTS) is 1. The summed E-state index contributed by atoms with van der Waals surface area (Å²) in [5.41, 5.74) is -3.12. The number of carbonyl (C=O) groups is 5. The first-order chi connectivity index (χ1) is 22.5. The van der Waals surface area contributed by atoms with Crippen LogP contribution < -0.4 is 4.74 Å². The van der Waals surface area contributed by atoms with Crippen molar-refractivity contribution in [1.82, 2.24) is 9.80 Å². The van der Waals surface area contributed by atoms with E-state index in [1.807, 2.05) is 0 Å². The fourth-order valence-corrected chi connectivity index (χ4v) is 4.49. The van der Waals surface area contributed by atoms with E-state index >= 15 is 0 Å². The summed E-state index contributed by atoms with van der Waals surface area (Å²) in [6.45, 7) is 13.8. The standard InChI is InChI=1S/C34H50F4N2O10/c1-20(27(42)43)47-29(45)24(19-31(2,3)4)39(10)26(41)25(18-21-12-14-22(15-13-21)49-34(36,37)38)48-28(44)23(16-17-33(8,9)35)40(11)30(46)50-32(5,6)7/h12-15,20,23-25H,16-19H2,1-11H3,(H,42,43)/t20-,23+,24+,25-/m1/s1. The van der Waals surface area contributed by atoms with Gasteiger partial charge in [0.15, 0.2) is 12.2 Å². The lowest BCUT2D eigenvalue weighted by atomic mass is 9.87. The fourth-order valence-electron chi connectivity index (χ4n) is 4.49. The van der Waals surface area contributed by atoms with Gasteiger partial charge < -0.3 is 29.0 Å². The number of carbonyl (C=O) groups excluding carboxylic acids is 4. The lowest BCUT2D eigenvalue weighted by Gasteiger charge is -2.35. The summed E-state index contributed by atoms with van der Waals surface area (Å²) < 4.78 is 72.9. The Morgan fingerprint density at radius 3 is 1.76 bits per heavy atom. The highest BCUT2D eigenvalue weighted by atomic mass is 19.4. The number of halogens is 4. The quantitative estimate of drug-likeness (QED) is 0.128. The van der Waals surface area contributed by atoms with Crippen molar-refractivity contribution in [2.45, 2.75) is 130 Å². The van der Waals surface area contributed by atoms with Crippen molar-refractivity contribution < 1.29 is 65.6 Å². The molecule has 4 atom stereocenters. The van der Waals surface area contributed by atoms with Crippen LogP contribution in [0.3, 0.4) is 0 Å². The zero-order valence-electron chi connectivity index (χ0n) is 30.5. The molecule has 284 valence electrons. The van der Waals surface area contributed by atoms with Crippen molar-refractivity contribution in [2.75, 3.05) is 14.1 Å². The molecule has 16 heteroatoms. The maximum absolute atomic E-state index is 14.6. The van der Waals surface area contributed by atoms with Crippen LogP contribution in [0.25, 0.3) is 0 Å². The van der Waals surface area contributed by atoms with Crippen LogP contribution in [-0.4, -0.2) is 101 Å². The topological polar surface area (TPSA) is 149 Å². The van der Waals surface area contributed by atoms with E-state index in [1.165, 1.54) is 40.1 Å². The third-order valence-corrected chi connectivity index (χ3v) is 7.08. The van der Waals surface area contributed by atoms with Gasteiger partial charge in [0.05, 0.1) is 0 Å². The molecule has 0 bridgehead atoms. The Morgan fingerprint density at radius 1 is 0.800 bits per heavy atom. The van der Waals surface area contributed by atoms with Crippen molar-refractivity contribution >= 4 is 29.9 Å². The third-order valence-electron chi connectivity index (χ3n) is 7.08. The van der Waals surface area contributed by atoms with Gasteiger partial charge in [-0.2, -0.15) is 0 Å². The van der Waals surface area contributed by atoms with E-state index in [-0.39, 0.29) is 24.8 Å². The van der Waals surface area contributed by atoms with Crippen molar-refractivity contribution in [1.29, 1.82) is 0 Å². The molecule has 0 unspecified atom stereocenters. The van der Waals surface area contributed by atoms with Gasteiger partial charge >= 0.3 is 30.4 Å². The number of hydrogen-bond acceptors (Lipinski definition) is 9. The number of nitrogens with zero attached hydrogens (tertiary/aromatic N) is 2. The van der Waals surface area contributed by atoms with Crippen molar-refractivity contribution in [3.8, 4) is 5.75 Å². The summed E-state index contributed by atoms with van der Waals surface area (Å²) in [4.78, 5) is 67.3. The summed E-state index contributed by atoms with van der Waals surface area (Å²) in [7, 11) is 2.47. The molecule has 0 saturated carbocycles. The normalized spacial score (nSPS) is 14.8. The maximum atomic E-state index is 14.6. The van der Waals surface area contributed by atoms with E-state index in [1.54, 1.807) is 41.5 Å². The van der Waals surface area contributed by atoms with Gasteiger partial charge in [0.1, 0.15) is 29.1 Å². The lowest BCUT2D eigenvalue weighted by molar-refractivity contribution is -0.274. The van der Waals surface area contributed by atoms with Crippen molar-refractivity contribution in [2.24, 2.45) is 5.41 Å². The molecule has 1 aromatic rings. The Kier molecular flexibility index (Phi) is 15.1. The molecule has 0 fully saturated rings. The molecule has 0 aliphatic carbocycles. The predicted molar refractivity (Wildman–Crippen MR) is 173 cm³/mol. The van der Waals surface area contributed by atoms with Gasteiger partial charge in [0.25, 0.3) is 5.91 Å². The van der Waals surface area contributed by atoms with Gasteiger partial charge in [0.2, 0.25) is 0 Å². The molecule has 2 amide bonds. The molecule has 0 heterocycles. The SMILES string of the molecule is C[C@@H](OC(=O)[C@H](CC(C)(C)C)N(C)C(=O)[C@@H](Cc1ccc(OC(F)(F)F)cc1)OC(=O)[C@H](CCC(C)(C)F)N(C)C(=O)OC(C)(C)C)C(=O)O. The Labute approximate surface area is 290 Å². The first-order valence-corrected chi connectivity index (χ1v) is 15.9. The summed E-state index contributed by atoms with van der Waals surface area (Å²) in [6.07, 6.45) is -10.1. The molecule has 0 saturated heterocycles. The molecule has 50 heavy (non-hydrogen) atoms. The Balaban J connectivity index is 3.63. The van der Waals surface area contributed by atoms with Gasteiger partial charge in [-0.1, -0.05) is 32.9 Å². The molecular weight excluding hydrogens is 672 g/mol. The number of likely N-dealkylation sites (N-methyl/N-ethyl adjacent to an activating group) is 2. The smallest absolute Gasteiger partial charge is 0.479 e. The molecule has 0 radical (unpaired) electrons. The van der Waals surface area contributed by atoms with Gasteiger partial charge in [-0.25, -0.2) is 23.6 Å². The minimum atomic E-state index is -4.96. The highest BCUT2D eigenvalue weighted by Crippen LogP contribution is 2.28. The molecule has 0 aromatic heterocycles. The van der Waals surface area contributed by atoms with Gasteiger partial charge in [0, 0.05) is 20.5 Å². The summed E-state index contributed by atoms with van der Waals surface area (Å²) in [5, 5.41) is 9.27. The Hall–Kier alpha value is -4.11. The largest absolute Gasteiger partial charge is 0.573 e. The minimum absolute atomic E-state index is 0.0137. The molecule has 1 rings (SSSR count). The summed E-state index contributed by atoms with van der Waals surface area (Å²) in [6, 6.07) is 1.59. The molecule has 0 aliphatic rings. The molecular formula is C34H50F4N2O10. The number of benzene rings is 1. The number of aliphatic carboxylic acids is 1. The van der Waals surface area contributed by atoms with E-state index in [2.05, 4.69) is 4.74 Å². The second-order valence-electron chi connectivity index (χ2n) is 14.8. The summed E-state index contributed by atoms with van der Waals surface area (Å²) >= 11 is 0. The number of carboxylic acids is 1. The van der Waals surface area contributed by atoms with Crippen LogP contribution in [0.15, 0.2) is 24.3 Å². The van der Waals surface area contributed by atoms with E-state index < -0.39 is 89.4 Å². The first-order valence-electron chi connectivity index (χ1n) is 15.9. The van der Waals surface area contributed by atoms with Gasteiger partial charge in [-0.15, -0.1) is 13.2 Å². The van der Waals surface area contributed by atoms with Crippen LogP contribution in [0.1, 0.15) is 87.1 Å². The Bertz CT molecular complexity index is 1330. The van der Waals surface area contributed by atoms with Crippen LogP contribution >= 0.6 is 0 Å².